The highest BCUT2D eigenvalue weighted by molar-refractivity contribution is 6.00. The third-order valence-corrected chi connectivity index (χ3v) is 3.20. The van der Waals surface area contributed by atoms with Crippen molar-refractivity contribution in [1.29, 1.82) is 0 Å². The van der Waals surface area contributed by atoms with E-state index < -0.39 is 10.8 Å². The number of carbonyl (C=O) groups is 1. The van der Waals surface area contributed by atoms with E-state index in [1.54, 1.807) is 7.11 Å². The van der Waals surface area contributed by atoms with Crippen molar-refractivity contribution < 1.29 is 14.5 Å². The van der Waals surface area contributed by atoms with Gasteiger partial charge in [0.25, 0.3) is 5.91 Å². The molecule has 0 aromatic heterocycles. The number of nitrogens with zero attached hydrogens (tertiary/aromatic N) is 1. The molecule has 7 nitrogen and oxygen atoms in total. The van der Waals surface area contributed by atoms with Crippen molar-refractivity contribution in [2.24, 2.45) is 5.41 Å². The summed E-state index contributed by atoms with van der Waals surface area (Å²) in [6, 6.07) is 4.32. The Balaban J connectivity index is 2.82. The molecule has 7 heteroatoms. The van der Waals surface area contributed by atoms with Crippen LogP contribution in [0.5, 0.6) is 0 Å². The quantitative estimate of drug-likeness (QED) is 0.454. The normalized spacial score (nSPS) is 11.2. The van der Waals surface area contributed by atoms with E-state index in [1.807, 2.05) is 13.8 Å². The zero-order valence-corrected chi connectivity index (χ0v) is 12.5. The number of amides is 1. The van der Waals surface area contributed by atoms with Crippen LogP contribution in [0.25, 0.3) is 0 Å². The van der Waals surface area contributed by atoms with E-state index in [-0.39, 0.29) is 22.4 Å². The second kappa shape index (κ2) is 7.03. The molecule has 0 bridgehead atoms. The lowest BCUT2D eigenvalue weighted by Crippen LogP contribution is -2.35. The highest BCUT2D eigenvalue weighted by Gasteiger charge is 2.25. The molecule has 0 heterocycles. The number of nitrogens with two attached hydrogens (primary N) is 1. The number of hydrogen-bond donors (Lipinski definition) is 2. The molecule has 0 saturated carbocycles. The number of hydrogen-bond acceptors (Lipinski definition) is 5. The van der Waals surface area contributed by atoms with Crippen LogP contribution in [-0.2, 0) is 4.74 Å². The number of methoxy groups -OCH3 is 1. The van der Waals surface area contributed by atoms with Gasteiger partial charge in [-0.15, -0.1) is 0 Å². The molecule has 116 valence electrons. The number of benzene rings is 1. The molecule has 0 radical (unpaired) electrons. The van der Waals surface area contributed by atoms with Crippen LogP contribution in [0.3, 0.4) is 0 Å². The predicted molar refractivity (Wildman–Crippen MR) is 80.1 cm³/mol. The number of para-hydroxylation sites is 1. The van der Waals surface area contributed by atoms with Gasteiger partial charge >= 0.3 is 5.69 Å². The molecule has 1 rings (SSSR count). The molecule has 0 aliphatic carbocycles. The van der Waals surface area contributed by atoms with Crippen molar-refractivity contribution in [3.05, 3.63) is 33.9 Å². The second-order valence-electron chi connectivity index (χ2n) is 5.59. The summed E-state index contributed by atoms with van der Waals surface area (Å²) in [5.74, 6) is -0.500. The van der Waals surface area contributed by atoms with E-state index in [1.165, 1.54) is 18.2 Å². The number of anilines is 1. The standard InChI is InChI=1S/C14H21N3O4/c1-14(2,7-8-21-3)9-16-13(18)10-5-4-6-11(15)12(10)17(19)20/h4-6H,7-9,15H2,1-3H3,(H,16,18). The fourth-order valence-corrected chi connectivity index (χ4v) is 1.83. The molecule has 0 saturated heterocycles. The third-order valence-electron chi connectivity index (χ3n) is 3.20. The van der Waals surface area contributed by atoms with Gasteiger partial charge in [-0.2, -0.15) is 0 Å². The van der Waals surface area contributed by atoms with Crippen LogP contribution in [0, 0.1) is 15.5 Å². The van der Waals surface area contributed by atoms with Gasteiger partial charge in [-0.3, -0.25) is 14.9 Å². The maximum Gasteiger partial charge on any atom is 0.304 e. The SMILES string of the molecule is COCCC(C)(C)CNC(=O)c1cccc(N)c1[N+](=O)[O-]. The summed E-state index contributed by atoms with van der Waals surface area (Å²) in [5, 5.41) is 13.7. The molecule has 1 amide bonds. The Labute approximate surface area is 123 Å². The minimum Gasteiger partial charge on any atom is -0.393 e. The lowest BCUT2D eigenvalue weighted by molar-refractivity contribution is -0.384. The van der Waals surface area contributed by atoms with Crippen LogP contribution >= 0.6 is 0 Å². The summed E-state index contributed by atoms with van der Waals surface area (Å²) >= 11 is 0. The van der Waals surface area contributed by atoms with Crippen molar-refractivity contribution in [1.82, 2.24) is 5.32 Å². The molecule has 21 heavy (non-hydrogen) atoms. The molecule has 3 N–H and O–H groups in total. The first-order valence-electron chi connectivity index (χ1n) is 6.58. The zero-order chi connectivity index (χ0) is 16.0. The van der Waals surface area contributed by atoms with Crippen LogP contribution in [0.4, 0.5) is 11.4 Å². The zero-order valence-electron chi connectivity index (χ0n) is 12.5. The molecule has 0 atom stereocenters. The number of nitrogen functional groups attached to an aromatic ring is 1. The molecular weight excluding hydrogens is 274 g/mol. The van der Waals surface area contributed by atoms with Gasteiger partial charge in [0.2, 0.25) is 0 Å². The van der Waals surface area contributed by atoms with Crippen molar-refractivity contribution in [3.8, 4) is 0 Å². The highest BCUT2D eigenvalue weighted by atomic mass is 16.6. The summed E-state index contributed by atoms with van der Waals surface area (Å²) in [6.45, 7) is 4.95. The topological polar surface area (TPSA) is 107 Å². The monoisotopic (exact) mass is 295 g/mol. The van der Waals surface area contributed by atoms with Crippen LogP contribution in [0.2, 0.25) is 0 Å². The average Bonchev–Trinajstić information content (AvgIpc) is 2.42. The minimum atomic E-state index is -0.639. The number of nitro benzene ring substituents is 1. The lowest BCUT2D eigenvalue weighted by atomic mass is 9.89. The Hall–Kier alpha value is -2.15. The summed E-state index contributed by atoms with van der Waals surface area (Å²) in [5.41, 5.74) is 5.00. The second-order valence-corrected chi connectivity index (χ2v) is 5.59. The van der Waals surface area contributed by atoms with Crippen LogP contribution < -0.4 is 11.1 Å². The first-order valence-corrected chi connectivity index (χ1v) is 6.58. The first kappa shape index (κ1) is 16.9. The number of carbonyl (C=O) groups excluding carboxylic acids is 1. The van der Waals surface area contributed by atoms with Gasteiger partial charge in [0.15, 0.2) is 0 Å². The van der Waals surface area contributed by atoms with Gasteiger partial charge in [-0.1, -0.05) is 19.9 Å². The van der Waals surface area contributed by atoms with E-state index in [0.29, 0.717) is 13.2 Å². The maximum absolute atomic E-state index is 12.1. The lowest BCUT2D eigenvalue weighted by Gasteiger charge is -2.24. The van der Waals surface area contributed by atoms with E-state index >= 15 is 0 Å². The molecule has 0 fully saturated rings. The fraction of sp³-hybridized carbons (Fsp3) is 0.500. The van der Waals surface area contributed by atoms with Crippen LogP contribution in [0.1, 0.15) is 30.6 Å². The van der Waals surface area contributed by atoms with Crippen molar-refractivity contribution >= 4 is 17.3 Å². The van der Waals surface area contributed by atoms with E-state index in [4.69, 9.17) is 10.5 Å². The summed E-state index contributed by atoms with van der Waals surface area (Å²) in [7, 11) is 1.62. The van der Waals surface area contributed by atoms with Crippen LogP contribution in [-0.4, -0.2) is 31.1 Å². The molecule has 0 spiro atoms. The Bertz CT molecular complexity index is 529. The van der Waals surface area contributed by atoms with Gasteiger partial charge in [0.05, 0.1) is 4.92 Å². The Morgan fingerprint density at radius 2 is 2.14 bits per heavy atom. The minimum absolute atomic E-state index is 0.0220. The highest BCUT2D eigenvalue weighted by Crippen LogP contribution is 2.26. The van der Waals surface area contributed by atoms with Crippen molar-refractivity contribution in [2.45, 2.75) is 20.3 Å². The van der Waals surface area contributed by atoms with E-state index in [2.05, 4.69) is 5.32 Å². The third kappa shape index (κ3) is 4.71. The summed E-state index contributed by atoms with van der Waals surface area (Å²) in [6.07, 6.45) is 0.767. The predicted octanol–water partition coefficient (Wildman–Crippen LogP) is 1.97. The fourth-order valence-electron chi connectivity index (χ4n) is 1.83. The van der Waals surface area contributed by atoms with Crippen LogP contribution in [0.15, 0.2) is 18.2 Å². The Kier molecular flexibility index (Phi) is 5.66. The van der Waals surface area contributed by atoms with Crippen molar-refractivity contribution in [3.63, 3.8) is 0 Å². The smallest absolute Gasteiger partial charge is 0.304 e. The largest absolute Gasteiger partial charge is 0.393 e. The van der Waals surface area contributed by atoms with Gasteiger partial charge in [0, 0.05) is 20.3 Å². The van der Waals surface area contributed by atoms with Gasteiger partial charge in [-0.25, -0.2) is 0 Å². The molecule has 1 aromatic rings. The number of rotatable bonds is 7. The molecule has 1 aromatic carbocycles. The van der Waals surface area contributed by atoms with Gasteiger partial charge < -0.3 is 15.8 Å². The van der Waals surface area contributed by atoms with Crippen molar-refractivity contribution in [2.75, 3.05) is 26.0 Å². The van der Waals surface area contributed by atoms with Gasteiger partial charge in [-0.05, 0) is 24.0 Å². The van der Waals surface area contributed by atoms with E-state index in [9.17, 15) is 14.9 Å². The molecule has 0 aliphatic rings. The number of ether oxygens (including phenoxy) is 1. The summed E-state index contributed by atoms with van der Waals surface area (Å²) in [4.78, 5) is 22.5. The Morgan fingerprint density at radius 1 is 1.48 bits per heavy atom. The Morgan fingerprint density at radius 3 is 2.71 bits per heavy atom. The molecular formula is C14H21N3O4. The molecule has 0 unspecified atom stereocenters. The van der Waals surface area contributed by atoms with Gasteiger partial charge in [0.1, 0.15) is 11.3 Å². The summed E-state index contributed by atoms with van der Waals surface area (Å²) < 4.78 is 5.02. The van der Waals surface area contributed by atoms with E-state index in [0.717, 1.165) is 6.42 Å². The first-order chi connectivity index (χ1) is 9.78. The molecule has 0 aliphatic heterocycles. The number of nitro groups is 1. The number of nitrogens with one attached hydrogen (secondary N) is 1. The average molecular weight is 295 g/mol. The maximum atomic E-state index is 12.1.